The molecule has 3 rings (SSSR count). The van der Waals surface area contributed by atoms with E-state index in [9.17, 15) is 37.0 Å². The van der Waals surface area contributed by atoms with Gasteiger partial charge in [0, 0.05) is 11.6 Å². The first-order chi connectivity index (χ1) is 15.2. The summed E-state index contributed by atoms with van der Waals surface area (Å²) in [6, 6.07) is 5.27. The molecule has 0 spiro atoms. The Bertz CT molecular complexity index is 1250. The van der Waals surface area contributed by atoms with Gasteiger partial charge < -0.3 is 4.74 Å². The number of aryl methyl sites for hydroxylation is 4. The van der Waals surface area contributed by atoms with Crippen molar-refractivity contribution in [2.75, 3.05) is 0 Å². The Balaban J connectivity index is 2.02. The molecule has 0 saturated carbocycles. The first-order valence-corrected chi connectivity index (χ1v) is 11.6. The Morgan fingerprint density at radius 2 is 1.26 bits per heavy atom. The SMILES string of the molecule is Cc1cc(C)c(-c2cc(C)c(C(F)(F)Oc3ccc(S(F)(F)(F)(F)F)c(F)c3)c(C)c2)c(F)c1. The summed E-state index contributed by atoms with van der Waals surface area (Å²) in [7, 11) is -10.4. The maximum atomic E-state index is 14.9. The molecular formula is C23H19F9OS. The van der Waals surface area contributed by atoms with Gasteiger partial charge in [0.1, 0.15) is 22.3 Å². The molecule has 0 aliphatic heterocycles. The summed E-state index contributed by atoms with van der Waals surface area (Å²) < 4.78 is 127. The lowest BCUT2D eigenvalue weighted by atomic mass is 9.92. The molecule has 186 valence electrons. The monoisotopic (exact) mass is 514 g/mol. The van der Waals surface area contributed by atoms with Crippen LogP contribution in [0.15, 0.2) is 47.4 Å². The average molecular weight is 514 g/mol. The van der Waals surface area contributed by atoms with Gasteiger partial charge in [0.05, 0.1) is 5.56 Å². The summed E-state index contributed by atoms with van der Waals surface area (Å²) in [6.45, 7) is 5.95. The van der Waals surface area contributed by atoms with Crippen LogP contribution in [-0.2, 0) is 6.11 Å². The minimum absolute atomic E-state index is 0.0384. The number of rotatable bonds is 5. The van der Waals surface area contributed by atoms with Crippen molar-refractivity contribution in [3.8, 4) is 16.9 Å². The summed E-state index contributed by atoms with van der Waals surface area (Å²) in [4.78, 5) is -2.83. The molecule has 11 heteroatoms. The number of alkyl halides is 2. The van der Waals surface area contributed by atoms with Crippen molar-refractivity contribution in [2.45, 2.75) is 38.7 Å². The number of halogens is 9. The third kappa shape index (κ3) is 5.13. The lowest BCUT2D eigenvalue weighted by Crippen LogP contribution is -2.24. The Morgan fingerprint density at radius 3 is 1.74 bits per heavy atom. The topological polar surface area (TPSA) is 9.23 Å². The highest BCUT2D eigenvalue weighted by Gasteiger charge is 2.67. The molecule has 0 bridgehead atoms. The molecule has 0 aromatic heterocycles. The van der Waals surface area contributed by atoms with E-state index in [1.165, 1.54) is 32.0 Å². The summed E-state index contributed by atoms with van der Waals surface area (Å²) in [5.74, 6) is -4.08. The number of hydrogen-bond donors (Lipinski definition) is 0. The van der Waals surface area contributed by atoms with Crippen molar-refractivity contribution < 1.29 is 41.7 Å². The van der Waals surface area contributed by atoms with E-state index in [2.05, 4.69) is 4.74 Å². The smallest absolute Gasteiger partial charge is 0.427 e. The summed E-state index contributed by atoms with van der Waals surface area (Å²) in [5, 5.41) is 0. The van der Waals surface area contributed by atoms with Crippen LogP contribution in [0.2, 0.25) is 0 Å². The molecule has 3 aromatic rings. The minimum atomic E-state index is -10.4. The van der Waals surface area contributed by atoms with Gasteiger partial charge in [-0.25, -0.2) is 8.78 Å². The van der Waals surface area contributed by atoms with E-state index in [-0.39, 0.29) is 34.9 Å². The van der Waals surface area contributed by atoms with Gasteiger partial charge >= 0.3 is 16.3 Å². The van der Waals surface area contributed by atoms with Crippen LogP contribution in [0, 0.1) is 39.3 Å². The molecule has 0 heterocycles. The molecule has 0 aliphatic rings. The van der Waals surface area contributed by atoms with Gasteiger partial charge in [0.15, 0.2) is 0 Å². The number of benzene rings is 3. The van der Waals surface area contributed by atoms with E-state index >= 15 is 0 Å². The fraction of sp³-hybridized carbons (Fsp3) is 0.217. The maximum Gasteiger partial charge on any atom is 0.427 e. The Hall–Kier alpha value is -2.82. The molecule has 0 atom stereocenters. The predicted octanol–water partition coefficient (Wildman–Crippen LogP) is 9.65. The quantitative estimate of drug-likeness (QED) is 0.308. The number of ether oxygens (including phenoxy) is 1. The van der Waals surface area contributed by atoms with Crippen LogP contribution in [0.1, 0.15) is 27.8 Å². The molecule has 0 fully saturated rings. The van der Waals surface area contributed by atoms with Crippen molar-refractivity contribution in [3.05, 3.63) is 81.9 Å². The molecule has 0 unspecified atom stereocenters. The maximum absolute atomic E-state index is 14.9. The molecule has 0 amide bonds. The second kappa shape index (κ2) is 7.34. The zero-order valence-corrected chi connectivity index (χ0v) is 19.1. The summed E-state index contributed by atoms with van der Waals surface area (Å²) in [5.41, 5.74) is 1.02. The third-order valence-corrected chi connectivity index (χ3v) is 6.27. The highest BCUT2D eigenvalue weighted by atomic mass is 32.5. The molecule has 0 saturated heterocycles. The van der Waals surface area contributed by atoms with Gasteiger partial charge in [-0.3, -0.25) is 0 Å². The second-order valence-electron chi connectivity index (χ2n) is 8.10. The van der Waals surface area contributed by atoms with E-state index in [4.69, 9.17) is 0 Å². The van der Waals surface area contributed by atoms with E-state index < -0.39 is 44.2 Å². The van der Waals surface area contributed by atoms with Crippen LogP contribution in [0.25, 0.3) is 11.1 Å². The van der Waals surface area contributed by atoms with Gasteiger partial charge in [-0.1, -0.05) is 37.6 Å². The van der Waals surface area contributed by atoms with Crippen LogP contribution < -0.4 is 4.74 Å². The highest BCUT2D eigenvalue weighted by Crippen LogP contribution is 3.02. The van der Waals surface area contributed by atoms with Crippen LogP contribution >= 0.6 is 10.2 Å². The van der Waals surface area contributed by atoms with Crippen LogP contribution in [0.5, 0.6) is 5.75 Å². The normalized spacial score (nSPS) is 14.5. The van der Waals surface area contributed by atoms with Crippen molar-refractivity contribution in [1.82, 2.24) is 0 Å². The van der Waals surface area contributed by atoms with Gasteiger partial charge in [0.25, 0.3) is 0 Å². The molecule has 0 radical (unpaired) electrons. The Kier molecular flexibility index (Phi) is 5.57. The molecule has 34 heavy (non-hydrogen) atoms. The van der Waals surface area contributed by atoms with Crippen molar-refractivity contribution in [1.29, 1.82) is 0 Å². The van der Waals surface area contributed by atoms with Gasteiger partial charge in [-0.15, -0.1) is 0 Å². The van der Waals surface area contributed by atoms with E-state index in [1.54, 1.807) is 19.9 Å². The van der Waals surface area contributed by atoms with Crippen LogP contribution in [0.4, 0.5) is 37.0 Å². The molecule has 0 aliphatic carbocycles. The Morgan fingerprint density at radius 1 is 0.706 bits per heavy atom. The standard InChI is InChI=1S/C23H19F9OS/c1-12-7-13(2)21(19(25)8-12)16-9-14(3)22(15(4)10-16)23(26,27)33-17-5-6-20(18(24)11-17)34(28,29,30,31)32/h5-11H,1-4H3. The molecule has 3 aromatic carbocycles. The van der Waals surface area contributed by atoms with Crippen LogP contribution in [-0.4, -0.2) is 0 Å². The average Bonchev–Trinajstić information content (AvgIpc) is 2.56. The highest BCUT2D eigenvalue weighted by molar-refractivity contribution is 8.45. The van der Waals surface area contributed by atoms with Gasteiger partial charge in [0.2, 0.25) is 0 Å². The van der Waals surface area contributed by atoms with Gasteiger partial charge in [-0.2, -0.15) is 8.78 Å². The zero-order chi connectivity index (χ0) is 25.9. The fourth-order valence-electron chi connectivity index (χ4n) is 3.91. The first kappa shape index (κ1) is 25.8. The summed E-state index contributed by atoms with van der Waals surface area (Å²) >= 11 is 0. The minimum Gasteiger partial charge on any atom is -0.429 e. The lowest BCUT2D eigenvalue weighted by Gasteiger charge is -2.40. The second-order valence-corrected chi connectivity index (χ2v) is 10.5. The molecule has 0 N–H and O–H groups in total. The van der Waals surface area contributed by atoms with Gasteiger partial charge in [-0.05, 0) is 73.7 Å². The first-order valence-electron chi connectivity index (χ1n) is 9.69. The fourth-order valence-corrected chi connectivity index (χ4v) is 4.66. The van der Waals surface area contributed by atoms with Crippen molar-refractivity contribution in [2.24, 2.45) is 0 Å². The Labute approximate surface area is 189 Å². The van der Waals surface area contributed by atoms with E-state index in [1.807, 2.05) is 0 Å². The number of hydrogen-bond acceptors (Lipinski definition) is 1. The predicted molar refractivity (Wildman–Crippen MR) is 113 cm³/mol. The van der Waals surface area contributed by atoms with Crippen LogP contribution in [0.3, 0.4) is 0 Å². The third-order valence-electron chi connectivity index (χ3n) is 5.11. The van der Waals surface area contributed by atoms with E-state index in [0.29, 0.717) is 16.7 Å². The van der Waals surface area contributed by atoms with E-state index in [0.717, 1.165) is 0 Å². The molecule has 1 nitrogen and oxygen atoms in total. The lowest BCUT2D eigenvalue weighted by molar-refractivity contribution is -0.186. The zero-order valence-electron chi connectivity index (χ0n) is 18.3. The van der Waals surface area contributed by atoms with Crippen molar-refractivity contribution >= 4 is 10.2 Å². The largest absolute Gasteiger partial charge is 0.429 e. The molecular weight excluding hydrogens is 495 g/mol. The summed E-state index contributed by atoms with van der Waals surface area (Å²) in [6.07, 6.45) is -4.17. The van der Waals surface area contributed by atoms with Crippen molar-refractivity contribution in [3.63, 3.8) is 0 Å².